The lowest BCUT2D eigenvalue weighted by Gasteiger charge is -2.22. The van der Waals surface area contributed by atoms with E-state index in [9.17, 15) is 8.42 Å². The minimum absolute atomic E-state index is 0.0871. The molecule has 1 N–H and O–H groups in total. The molecule has 4 aromatic rings. The molecule has 5 heteroatoms. The summed E-state index contributed by atoms with van der Waals surface area (Å²) in [4.78, 5) is 5.13. The van der Waals surface area contributed by atoms with Gasteiger partial charge in [-0.15, -0.1) is 0 Å². The number of hydrogen-bond acceptors (Lipinski definition) is 4. The topological polar surface area (TPSA) is 58.5 Å². The Labute approximate surface area is 275 Å². The molecule has 0 saturated heterocycles. The van der Waals surface area contributed by atoms with Crippen molar-refractivity contribution in [3.8, 4) is 11.1 Å². The van der Waals surface area contributed by atoms with Crippen molar-refractivity contribution in [3.05, 3.63) is 143 Å². The number of aryl methyl sites for hydroxylation is 1. The standard InChI is InChI=1S/C41H46N2O2S/c1-7-39(42-23-24-46(6,44)45)32-17-15-30(16-18-32)25-38(31-19-21-36(22-20-31)41(3,4)5)40-27-35(28-43-40)33-12-10-13-34(26-33)37-14-9-8-11-29(37)2/h7-22,26-27,38,42H,23-25,28H2,1-6H3. The zero-order chi connectivity index (χ0) is 32.9. The van der Waals surface area contributed by atoms with E-state index in [4.69, 9.17) is 4.99 Å². The van der Waals surface area contributed by atoms with E-state index in [1.54, 1.807) is 0 Å². The van der Waals surface area contributed by atoms with Crippen molar-refractivity contribution in [2.24, 2.45) is 4.99 Å². The minimum Gasteiger partial charge on any atom is -0.384 e. The molecule has 0 fully saturated rings. The van der Waals surface area contributed by atoms with Crippen molar-refractivity contribution in [1.82, 2.24) is 5.32 Å². The summed E-state index contributed by atoms with van der Waals surface area (Å²) in [6.07, 6.45) is 6.39. The lowest BCUT2D eigenvalue weighted by atomic mass is 9.83. The molecule has 0 aromatic heterocycles. The summed E-state index contributed by atoms with van der Waals surface area (Å²) in [5.41, 5.74) is 13.2. The molecule has 4 aromatic carbocycles. The summed E-state index contributed by atoms with van der Waals surface area (Å²) in [7, 11) is -3.02. The molecule has 1 atom stereocenters. The summed E-state index contributed by atoms with van der Waals surface area (Å²) in [6, 6.07) is 35.0. The van der Waals surface area contributed by atoms with Crippen molar-refractivity contribution < 1.29 is 8.42 Å². The first-order valence-electron chi connectivity index (χ1n) is 16.1. The average molecular weight is 631 g/mol. The van der Waals surface area contributed by atoms with Gasteiger partial charge >= 0.3 is 0 Å². The first-order valence-corrected chi connectivity index (χ1v) is 18.2. The van der Waals surface area contributed by atoms with E-state index in [1.165, 1.54) is 50.8 Å². The Kier molecular flexibility index (Phi) is 10.1. The molecule has 0 bridgehead atoms. The molecule has 0 spiro atoms. The number of allylic oxidation sites excluding steroid dienone is 2. The van der Waals surface area contributed by atoms with Gasteiger partial charge in [-0.25, -0.2) is 8.42 Å². The van der Waals surface area contributed by atoms with Crippen LogP contribution < -0.4 is 5.32 Å². The number of sulfone groups is 1. The van der Waals surface area contributed by atoms with Gasteiger partial charge in [0, 0.05) is 30.1 Å². The quantitative estimate of drug-likeness (QED) is 0.180. The molecule has 1 aliphatic heterocycles. The van der Waals surface area contributed by atoms with Crippen LogP contribution in [0.1, 0.15) is 67.0 Å². The molecule has 238 valence electrons. The van der Waals surface area contributed by atoms with Crippen LogP contribution in [0.3, 0.4) is 0 Å². The monoisotopic (exact) mass is 630 g/mol. The molecule has 1 heterocycles. The van der Waals surface area contributed by atoms with Gasteiger partial charge in [-0.1, -0.05) is 118 Å². The maximum Gasteiger partial charge on any atom is 0.149 e. The van der Waals surface area contributed by atoms with E-state index in [1.807, 2.05) is 13.0 Å². The maximum absolute atomic E-state index is 11.6. The van der Waals surface area contributed by atoms with E-state index >= 15 is 0 Å². The molecule has 0 amide bonds. The number of nitrogens with zero attached hydrogens (tertiary/aromatic N) is 1. The highest BCUT2D eigenvalue weighted by molar-refractivity contribution is 7.90. The number of aliphatic imine (C=N–C) groups is 1. The Morgan fingerprint density at radius 3 is 2.26 bits per heavy atom. The summed E-state index contributed by atoms with van der Waals surface area (Å²) < 4.78 is 23.2. The van der Waals surface area contributed by atoms with Gasteiger partial charge in [-0.2, -0.15) is 0 Å². The zero-order valence-corrected chi connectivity index (χ0v) is 28.8. The smallest absolute Gasteiger partial charge is 0.149 e. The van der Waals surface area contributed by atoms with E-state index in [2.05, 4.69) is 136 Å². The highest BCUT2D eigenvalue weighted by Gasteiger charge is 2.23. The van der Waals surface area contributed by atoms with Crippen molar-refractivity contribution in [1.29, 1.82) is 0 Å². The van der Waals surface area contributed by atoms with Crippen molar-refractivity contribution in [2.45, 2.75) is 52.4 Å². The Morgan fingerprint density at radius 2 is 1.61 bits per heavy atom. The molecule has 0 saturated carbocycles. The first-order chi connectivity index (χ1) is 21.9. The number of benzene rings is 4. The molecule has 46 heavy (non-hydrogen) atoms. The number of nitrogens with one attached hydrogen (secondary N) is 1. The fourth-order valence-electron chi connectivity index (χ4n) is 6.02. The van der Waals surface area contributed by atoms with Gasteiger partial charge in [-0.05, 0) is 87.9 Å². The Hall–Kier alpha value is -4.22. The van der Waals surface area contributed by atoms with Gasteiger partial charge in [0.05, 0.1) is 12.3 Å². The summed E-state index contributed by atoms with van der Waals surface area (Å²) >= 11 is 0. The van der Waals surface area contributed by atoms with E-state index < -0.39 is 9.84 Å². The SMILES string of the molecule is CC=C(NCCS(C)(=O)=O)c1ccc(CC(C2=NCC(c3cccc(-c4ccccc4C)c3)=C2)c2ccc(C(C)(C)C)cc2)cc1. The van der Waals surface area contributed by atoms with Crippen LogP contribution in [-0.2, 0) is 21.7 Å². The number of rotatable bonds is 11. The molecule has 1 aliphatic rings. The first kappa shape index (κ1) is 33.2. The highest BCUT2D eigenvalue weighted by Crippen LogP contribution is 2.33. The van der Waals surface area contributed by atoms with E-state index in [-0.39, 0.29) is 17.1 Å². The Bertz CT molecular complexity index is 1870. The largest absolute Gasteiger partial charge is 0.384 e. The molecular weight excluding hydrogens is 585 g/mol. The maximum atomic E-state index is 11.6. The van der Waals surface area contributed by atoms with Gasteiger partial charge in [0.15, 0.2) is 0 Å². The van der Waals surface area contributed by atoms with Crippen LogP contribution in [0.5, 0.6) is 0 Å². The second kappa shape index (κ2) is 14.0. The predicted octanol–water partition coefficient (Wildman–Crippen LogP) is 8.82. The number of hydrogen-bond donors (Lipinski definition) is 1. The van der Waals surface area contributed by atoms with Crippen molar-refractivity contribution in [3.63, 3.8) is 0 Å². The third kappa shape index (κ3) is 8.32. The third-order valence-corrected chi connectivity index (χ3v) is 9.71. The van der Waals surface area contributed by atoms with Crippen LogP contribution in [0.2, 0.25) is 0 Å². The predicted molar refractivity (Wildman–Crippen MR) is 196 cm³/mol. The molecule has 4 nitrogen and oxygen atoms in total. The van der Waals surface area contributed by atoms with Crippen LogP contribution in [0.4, 0.5) is 0 Å². The fraction of sp³-hybridized carbons (Fsp3) is 0.293. The summed E-state index contributed by atoms with van der Waals surface area (Å²) in [5, 5.41) is 3.28. The normalized spacial score (nSPS) is 14.5. The molecule has 5 rings (SSSR count). The third-order valence-electron chi connectivity index (χ3n) is 8.76. The van der Waals surface area contributed by atoms with Gasteiger partial charge in [0.2, 0.25) is 0 Å². The van der Waals surface area contributed by atoms with E-state index in [0.717, 1.165) is 23.4 Å². The van der Waals surface area contributed by atoms with E-state index in [0.29, 0.717) is 13.1 Å². The Balaban J connectivity index is 1.41. The van der Waals surface area contributed by atoms with Crippen LogP contribution in [0.15, 0.2) is 114 Å². The molecule has 0 radical (unpaired) electrons. The average Bonchev–Trinajstić information content (AvgIpc) is 3.52. The van der Waals surface area contributed by atoms with Crippen molar-refractivity contribution >= 4 is 26.8 Å². The zero-order valence-electron chi connectivity index (χ0n) is 28.0. The highest BCUT2D eigenvalue weighted by atomic mass is 32.2. The molecular formula is C41H46N2O2S. The van der Waals surface area contributed by atoms with Gasteiger partial charge < -0.3 is 5.32 Å². The minimum atomic E-state index is -3.02. The van der Waals surface area contributed by atoms with Gasteiger partial charge in [0.25, 0.3) is 0 Å². The summed E-state index contributed by atoms with van der Waals surface area (Å²) in [5.74, 6) is 0.220. The summed E-state index contributed by atoms with van der Waals surface area (Å²) in [6.45, 7) is 11.9. The lowest BCUT2D eigenvalue weighted by Crippen LogP contribution is -2.21. The Morgan fingerprint density at radius 1 is 0.913 bits per heavy atom. The lowest BCUT2D eigenvalue weighted by molar-refractivity contribution is 0.590. The van der Waals surface area contributed by atoms with Gasteiger partial charge in [-0.3, -0.25) is 4.99 Å². The fourth-order valence-corrected chi connectivity index (χ4v) is 6.49. The van der Waals surface area contributed by atoms with Crippen LogP contribution in [-0.4, -0.2) is 39.2 Å². The van der Waals surface area contributed by atoms with Crippen molar-refractivity contribution in [2.75, 3.05) is 25.1 Å². The molecule has 1 unspecified atom stereocenters. The van der Waals surface area contributed by atoms with Gasteiger partial charge in [0.1, 0.15) is 9.84 Å². The molecule has 0 aliphatic carbocycles. The second-order valence-corrected chi connectivity index (χ2v) is 15.7. The van der Waals surface area contributed by atoms with Crippen LogP contribution >= 0.6 is 0 Å². The van der Waals surface area contributed by atoms with Crippen LogP contribution in [0, 0.1) is 6.92 Å². The second-order valence-electron chi connectivity index (χ2n) is 13.4. The van der Waals surface area contributed by atoms with Crippen LogP contribution in [0.25, 0.3) is 22.4 Å².